The van der Waals surface area contributed by atoms with Gasteiger partial charge in [-0.15, -0.1) is 0 Å². The van der Waals surface area contributed by atoms with E-state index < -0.39 is 6.09 Å². The molecule has 3 aromatic carbocycles. The lowest BCUT2D eigenvalue weighted by molar-refractivity contribution is 0.0364. The summed E-state index contributed by atoms with van der Waals surface area (Å²) in [6, 6.07) is 23.8. The largest absolute Gasteiger partial charge is 0.465 e. The second-order valence-electron chi connectivity index (χ2n) is 13.7. The Hall–Kier alpha value is -4.93. The third-order valence-electron chi connectivity index (χ3n) is 10.7. The van der Waals surface area contributed by atoms with Crippen LogP contribution >= 0.6 is 0 Å². The van der Waals surface area contributed by atoms with Crippen molar-refractivity contribution in [3.63, 3.8) is 0 Å². The summed E-state index contributed by atoms with van der Waals surface area (Å²) in [4.78, 5) is 48.4. The normalized spacial score (nSPS) is 17.6. The fraction of sp³-hybridized carbons (Fsp3) is 0.375. The average molecular weight is 676 g/mol. The number of rotatable bonds is 7. The first-order valence-electron chi connectivity index (χ1n) is 17.5. The Morgan fingerprint density at radius 2 is 1.56 bits per heavy atom. The smallest absolute Gasteiger partial charge is 0.407 e. The number of amides is 3. The molecule has 1 atom stereocenters. The number of para-hydroxylation sites is 1. The molecule has 3 aliphatic rings. The topological polar surface area (TPSA) is 98.6 Å². The quantitative estimate of drug-likeness (QED) is 0.270. The molecule has 3 aliphatic heterocycles. The highest BCUT2D eigenvalue weighted by molar-refractivity contribution is 6.08. The van der Waals surface area contributed by atoms with E-state index >= 15 is 0 Å². The fourth-order valence-electron chi connectivity index (χ4n) is 7.66. The van der Waals surface area contributed by atoms with Gasteiger partial charge in [0.1, 0.15) is 0 Å². The Labute approximate surface area is 293 Å². The Bertz CT molecular complexity index is 1910. The van der Waals surface area contributed by atoms with Crippen molar-refractivity contribution < 1.29 is 24.2 Å². The van der Waals surface area contributed by atoms with Crippen molar-refractivity contribution in [2.45, 2.75) is 52.4 Å². The zero-order valence-corrected chi connectivity index (χ0v) is 29.1. The molecular weight excluding hydrogens is 630 g/mol. The zero-order chi connectivity index (χ0) is 34.9. The van der Waals surface area contributed by atoms with E-state index in [0.717, 1.165) is 65.4 Å². The molecule has 10 nitrogen and oxygen atoms in total. The molecule has 1 aromatic heterocycles. The van der Waals surface area contributed by atoms with Gasteiger partial charge in [0.25, 0.3) is 11.8 Å². The molecule has 4 aromatic rings. The minimum absolute atomic E-state index is 0.0247. The standard InChI is InChI=1S/C40H45N5O5/c1-27-21-29-9-7-8-10-31(29)26-45(27)39(47)36-23-32-25-43(40(48)49)14-13-30(32)22-35(36)37-24-34(38(46)41(3)33-11-5-4-6-12-33)28(2)44(37)16-15-42-17-19-50-20-18-42/h4-12,22-24,27H,13-21,25-26H2,1-3H3,(H,48,49)/t27-/m1/s1. The Morgan fingerprint density at radius 1 is 0.840 bits per heavy atom. The van der Waals surface area contributed by atoms with Crippen LogP contribution < -0.4 is 4.90 Å². The van der Waals surface area contributed by atoms with Crippen LogP contribution in [0.1, 0.15) is 55.6 Å². The summed E-state index contributed by atoms with van der Waals surface area (Å²) in [6.07, 6.45) is 0.341. The van der Waals surface area contributed by atoms with Gasteiger partial charge in [-0.2, -0.15) is 0 Å². The van der Waals surface area contributed by atoms with Gasteiger partial charge in [-0.1, -0.05) is 42.5 Å². The molecule has 0 unspecified atom stereocenters. The summed E-state index contributed by atoms with van der Waals surface area (Å²) in [5.41, 5.74) is 8.61. The number of carboxylic acid groups (broad SMARTS) is 1. The van der Waals surface area contributed by atoms with Crippen molar-refractivity contribution in [2.75, 3.05) is 51.3 Å². The summed E-state index contributed by atoms with van der Waals surface area (Å²) >= 11 is 0. The molecule has 0 bridgehead atoms. The van der Waals surface area contributed by atoms with Crippen LogP contribution in [0.2, 0.25) is 0 Å². The first-order chi connectivity index (χ1) is 24.2. The van der Waals surface area contributed by atoms with E-state index in [4.69, 9.17) is 4.74 Å². The van der Waals surface area contributed by atoms with E-state index in [0.29, 0.717) is 50.4 Å². The highest BCUT2D eigenvalue weighted by Crippen LogP contribution is 2.36. The van der Waals surface area contributed by atoms with Crippen LogP contribution in [0.3, 0.4) is 0 Å². The molecule has 1 fully saturated rings. The number of morpholine rings is 1. The number of fused-ring (bicyclic) bond motifs is 2. The van der Waals surface area contributed by atoms with Gasteiger partial charge >= 0.3 is 6.09 Å². The minimum Gasteiger partial charge on any atom is -0.465 e. The third-order valence-corrected chi connectivity index (χ3v) is 10.7. The van der Waals surface area contributed by atoms with Crippen molar-refractivity contribution >= 4 is 23.6 Å². The molecule has 4 heterocycles. The molecule has 1 N–H and O–H groups in total. The number of aromatic nitrogens is 1. The number of carbonyl (C=O) groups is 3. The van der Waals surface area contributed by atoms with Gasteiger partial charge < -0.3 is 29.1 Å². The van der Waals surface area contributed by atoms with Gasteiger partial charge in [0.15, 0.2) is 0 Å². The predicted octanol–water partition coefficient (Wildman–Crippen LogP) is 5.70. The van der Waals surface area contributed by atoms with E-state index in [9.17, 15) is 19.5 Å². The van der Waals surface area contributed by atoms with Crippen LogP contribution in [0, 0.1) is 6.92 Å². The second kappa shape index (κ2) is 14.1. The second-order valence-corrected chi connectivity index (χ2v) is 13.7. The van der Waals surface area contributed by atoms with Crippen LogP contribution in [0.5, 0.6) is 0 Å². The highest BCUT2D eigenvalue weighted by atomic mass is 16.5. The van der Waals surface area contributed by atoms with Gasteiger partial charge in [-0.25, -0.2) is 4.79 Å². The van der Waals surface area contributed by atoms with E-state index in [1.807, 2.05) is 66.4 Å². The predicted molar refractivity (Wildman–Crippen MR) is 193 cm³/mol. The molecule has 0 aliphatic carbocycles. The van der Waals surface area contributed by atoms with Gasteiger partial charge in [0, 0.05) is 87.1 Å². The first kappa shape index (κ1) is 33.6. The molecule has 7 rings (SSSR count). The van der Waals surface area contributed by atoms with Crippen LogP contribution in [0.4, 0.5) is 10.5 Å². The number of benzene rings is 3. The SMILES string of the molecule is Cc1c(C(=O)N(C)c2ccccc2)cc(-c2cc3c(cc2C(=O)N2Cc4ccccc4C[C@H]2C)CN(C(=O)O)CC3)n1CCN1CCOCC1. The molecule has 3 amide bonds. The fourth-order valence-corrected chi connectivity index (χ4v) is 7.66. The van der Waals surface area contributed by atoms with E-state index in [1.165, 1.54) is 10.5 Å². The van der Waals surface area contributed by atoms with Crippen molar-refractivity contribution in [1.29, 1.82) is 0 Å². The Morgan fingerprint density at radius 3 is 2.30 bits per heavy atom. The van der Waals surface area contributed by atoms with E-state index in [-0.39, 0.29) is 24.4 Å². The zero-order valence-electron chi connectivity index (χ0n) is 29.1. The molecule has 260 valence electrons. The maximum Gasteiger partial charge on any atom is 0.407 e. The van der Waals surface area contributed by atoms with Crippen LogP contribution in [-0.4, -0.2) is 94.8 Å². The Balaban J connectivity index is 1.35. The Kier molecular flexibility index (Phi) is 9.48. The van der Waals surface area contributed by atoms with E-state index in [2.05, 4.69) is 34.6 Å². The molecule has 0 radical (unpaired) electrons. The average Bonchev–Trinajstić information content (AvgIpc) is 3.47. The number of hydrogen-bond donors (Lipinski definition) is 1. The molecule has 1 saturated heterocycles. The molecular formula is C40H45N5O5. The molecule has 10 heteroatoms. The lowest BCUT2D eigenvalue weighted by Gasteiger charge is -2.36. The summed E-state index contributed by atoms with van der Waals surface area (Å²) in [5.74, 6) is -0.214. The summed E-state index contributed by atoms with van der Waals surface area (Å²) < 4.78 is 7.79. The highest BCUT2D eigenvalue weighted by Gasteiger charge is 2.33. The molecule has 0 saturated carbocycles. The maximum absolute atomic E-state index is 14.8. The summed E-state index contributed by atoms with van der Waals surface area (Å²) in [6.45, 7) is 9.66. The minimum atomic E-state index is -0.966. The van der Waals surface area contributed by atoms with Gasteiger partial charge in [-0.3, -0.25) is 14.5 Å². The number of anilines is 1. The number of carbonyl (C=O) groups excluding carboxylic acids is 2. The van der Waals surface area contributed by atoms with Crippen LogP contribution in [0.15, 0.2) is 72.8 Å². The van der Waals surface area contributed by atoms with Crippen molar-refractivity contribution in [3.05, 3.63) is 112 Å². The lowest BCUT2D eigenvalue weighted by atomic mass is 9.90. The first-order valence-corrected chi connectivity index (χ1v) is 17.5. The van der Waals surface area contributed by atoms with Crippen LogP contribution in [0.25, 0.3) is 11.3 Å². The molecule has 0 spiro atoms. The van der Waals surface area contributed by atoms with Gasteiger partial charge in [-0.05, 0) is 79.3 Å². The van der Waals surface area contributed by atoms with Crippen LogP contribution in [-0.2, 0) is 37.2 Å². The van der Waals surface area contributed by atoms with Gasteiger partial charge in [0.2, 0.25) is 0 Å². The van der Waals surface area contributed by atoms with Gasteiger partial charge in [0.05, 0.1) is 18.8 Å². The number of hydrogen-bond acceptors (Lipinski definition) is 5. The summed E-state index contributed by atoms with van der Waals surface area (Å²) in [7, 11) is 1.79. The van der Waals surface area contributed by atoms with E-state index in [1.54, 1.807) is 11.9 Å². The van der Waals surface area contributed by atoms with Crippen molar-refractivity contribution in [1.82, 2.24) is 19.3 Å². The van der Waals surface area contributed by atoms with Crippen molar-refractivity contribution in [2.24, 2.45) is 0 Å². The molecule has 50 heavy (non-hydrogen) atoms. The van der Waals surface area contributed by atoms with Crippen molar-refractivity contribution in [3.8, 4) is 11.3 Å². The maximum atomic E-state index is 14.8. The number of nitrogens with zero attached hydrogens (tertiary/aromatic N) is 5. The number of ether oxygens (including phenoxy) is 1. The third kappa shape index (κ3) is 6.53. The monoisotopic (exact) mass is 675 g/mol. The summed E-state index contributed by atoms with van der Waals surface area (Å²) in [5, 5.41) is 9.82. The lowest BCUT2D eigenvalue weighted by Crippen LogP contribution is -2.43.